The fourth-order valence-electron chi connectivity index (χ4n) is 3.39. The first-order chi connectivity index (χ1) is 17.8. The van der Waals surface area contributed by atoms with Gasteiger partial charge in [0.05, 0.1) is 31.5 Å². The molecule has 4 rings (SSSR count). The molecular formula is C27H28N4O5S. The lowest BCUT2D eigenvalue weighted by Gasteiger charge is -2.15. The molecule has 0 fully saturated rings. The number of carbonyl (C=O) groups is 2. The largest absolute Gasteiger partial charge is 0.493 e. The van der Waals surface area contributed by atoms with Gasteiger partial charge in [0.2, 0.25) is 0 Å². The van der Waals surface area contributed by atoms with E-state index in [1.807, 2.05) is 18.2 Å². The molecule has 0 bridgehead atoms. The number of ether oxygens (including phenoxy) is 3. The Morgan fingerprint density at radius 3 is 2.24 bits per heavy atom. The van der Waals surface area contributed by atoms with Gasteiger partial charge in [-0.3, -0.25) is 9.59 Å². The average Bonchev–Trinajstić information content (AvgIpc) is 3.29. The molecule has 1 aliphatic rings. The number of nitrogens with zero attached hydrogens (tertiary/aromatic N) is 2. The minimum Gasteiger partial charge on any atom is -0.493 e. The van der Waals surface area contributed by atoms with E-state index in [-0.39, 0.29) is 11.4 Å². The van der Waals surface area contributed by atoms with Crippen molar-refractivity contribution in [3.63, 3.8) is 0 Å². The number of benzene rings is 3. The van der Waals surface area contributed by atoms with Crippen LogP contribution in [0.15, 0.2) is 65.6 Å². The number of thioether (sulfide) groups is 1. The molecule has 2 unspecified atom stereocenters. The van der Waals surface area contributed by atoms with Crippen molar-refractivity contribution < 1.29 is 23.8 Å². The molecule has 0 aliphatic carbocycles. The van der Waals surface area contributed by atoms with Crippen molar-refractivity contribution in [1.82, 2.24) is 4.90 Å². The lowest BCUT2D eigenvalue weighted by Crippen LogP contribution is -2.21. The summed E-state index contributed by atoms with van der Waals surface area (Å²) in [7, 11) is 6.60. The zero-order valence-corrected chi connectivity index (χ0v) is 21.7. The number of methoxy groups -OCH3 is 2. The number of carbonyl (C=O) groups excluding carboxylic acids is 2. The van der Waals surface area contributed by atoms with Crippen molar-refractivity contribution in [2.75, 3.05) is 33.6 Å². The summed E-state index contributed by atoms with van der Waals surface area (Å²) in [4.78, 5) is 25.7. The van der Waals surface area contributed by atoms with Crippen LogP contribution < -0.4 is 25.3 Å². The normalized spacial score (nSPS) is 14.0. The van der Waals surface area contributed by atoms with Gasteiger partial charge in [-0.15, -0.1) is 0 Å². The number of nitriles is 1. The van der Waals surface area contributed by atoms with Gasteiger partial charge in [-0.05, 0) is 48.0 Å². The first-order valence-corrected chi connectivity index (χ1v) is 12.1. The number of amides is 1. The minimum atomic E-state index is -0.766. The third-order valence-electron chi connectivity index (χ3n) is 5.30. The Balaban J connectivity index is 0.000000231. The first kappa shape index (κ1) is 27.4. The third kappa shape index (κ3) is 6.94. The van der Waals surface area contributed by atoms with E-state index in [4.69, 9.17) is 25.2 Å². The van der Waals surface area contributed by atoms with E-state index < -0.39 is 6.10 Å². The maximum Gasteiger partial charge on any atom is 0.253 e. The maximum atomic E-state index is 11.8. The van der Waals surface area contributed by atoms with Gasteiger partial charge in [-0.2, -0.15) is 5.26 Å². The second kappa shape index (κ2) is 12.7. The quantitative estimate of drug-likeness (QED) is 0.444. The van der Waals surface area contributed by atoms with E-state index in [2.05, 4.69) is 5.32 Å². The summed E-state index contributed by atoms with van der Waals surface area (Å²) in [6.45, 7) is 0. The molecule has 9 nitrogen and oxygen atoms in total. The summed E-state index contributed by atoms with van der Waals surface area (Å²) in [5.41, 5.74) is 8.38. The Kier molecular flexibility index (Phi) is 9.38. The molecule has 3 aromatic rings. The van der Waals surface area contributed by atoms with E-state index >= 15 is 0 Å². The Labute approximate surface area is 220 Å². The Hall–Kier alpha value is -4.20. The fraction of sp³-hybridized carbons (Fsp3) is 0.222. The van der Waals surface area contributed by atoms with Crippen LogP contribution in [0.5, 0.6) is 17.2 Å². The number of aldehydes is 1. The van der Waals surface area contributed by atoms with Gasteiger partial charge in [0.15, 0.2) is 23.9 Å². The Morgan fingerprint density at radius 1 is 1.08 bits per heavy atom. The van der Waals surface area contributed by atoms with Crippen LogP contribution in [0.3, 0.4) is 0 Å². The smallest absolute Gasteiger partial charge is 0.253 e. The second-order valence-corrected chi connectivity index (χ2v) is 9.20. The highest BCUT2D eigenvalue weighted by molar-refractivity contribution is 8.00. The highest BCUT2D eigenvalue weighted by Gasteiger charge is 2.21. The zero-order valence-electron chi connectivity index (χ0n) is 20.9. The lowest BCUT2D eigenvalue weighted by atomic mass is 10.1. The van der Waals surface area contributed by atoms with Crippen molar-refractivity contribution in [3.05, 3.63) is 77.4 Å². The van der Waals surface area contributed by atoms with Crippen LogP contribution in [0.2, 0.25) is 0 Å². The molecule has 0 spiro atoms. The molecule has 192 valence electrons. The summed E-state index contributed by atoms with van der Waals surface area (Å²) >= 11 is 1.57. The van der Waals surface area contributed by atoms with Crippen LogP contribution in [0.1, 0.15) is 27.6 Å². The summed E-state index contributed by atoms with van der Waals surface area (Å²) in [6, 6.07) is 19.1. The molecule has 10 heteroatoms. The standard InChI is InChI=1S/C18H16N2O3.C9H12N2O2S/c1-20(2)18(22)15-7-9-16(10-8-15)23-17(12-21)14-5-3-13(11-19)4-6-14;1-12-6-3-5-8(4-7(6)13-2)14-9(10)11-5/h3-10,12,17H,1-2H3;3-4,9,11H,10H2,1-2H3. The maximum absolute atomic E-state index is 11.8. The molecule has 1 aliphatic heterocycles. The zero-order chi connectivity index (χ0) is 26.9. The molecule has 1 amide bonds. The predicted octanol–water partition coefficient (Wildman–Crippen LogP) is 4.04. The van der Waals surface area contributed by atoms with Crippen LogP contribution in [-0.2, 0) is 4.79 Å². The molecule has 3 aromatic carbocycles. The third-order valence-corrected chi connectivity index (χ3v) is 6.26. The van der Waals surface area contributed by atoms with Crippen molar-refractivity contribution in [2.24, 2.45) is 5.73 Å². The number of anilines is 1. The van der Waals surface area contributed by atoms with Gasteiger partial charge in [-0.1, -0.05) is 23.9 Å². The predicted molar refractivity (Wildman–Crippen MR) is 142 cm³/mol. The summed E-state index contributed by atoms with van der Waals surface area (Å²) in [6.07, 6.45) is -0.0709. The van der Waals surface area contributed by atoms with Gasteiger partial charge in [0.25, 0.3) is 5.91 Å². The van der Waals surface area contributed by atoms with Crippen molar-refractivity contribution in [2.45, 2.75) is 16.5 Å². The van der Waals surface area contributed by atoms with Gasteiger partial charge in [0.1, 0.15) is 11.2 Å². The van der Waals surface area contributed by atoms with E-state index in [0.717, 1.165) is 16.3 Å². The van der Waals surface area contributed by atoms with Crippen molar-refractivity contribution in [1.29, 1.82) is 5.26 Å². The molecule has 0 aromatic heterocycles. The highest BCUT2D eigenvalue weighted by Crippen LogP contribution is 2.43. The molecule has 37 heavy (non-hydrogen) atoms. The second-order valence-electron chi connectivity index (χ2n) is 8.02. The Morgan fingerprint density at radius 2 is 1.70 bits per heavy atom. The molecule has 0 saturated heterocycles. The molecule has 0 radical (unpaired) electrons. The van der Waals surface area contributed by atoms with Crippen LogP contribution in [0.4, 0.5) is 5.69 Å². The summed E-state index contributed by atoms with van der Waals surface area (Å²) in [5, 5.41) is 11.9. The Bertz CT molecular complexity index is 1240. The number of nitrogens with one attached hydrogen (secondary N) is 1. The van der Waals surface area contributed by atoms with Crippen molar-refractivity contribution >= 4 is 29.6 Å². The fourth-order valence-corrected chi connectivity index (χ4v) is 4.27. The van der Waals surface area contributed by atoms with Gasteiger partial charge < -0.3 is 30.2 Å². The van der Waals surface area contributed by atoms with E-state index in [0.29, 0.717) is 34.5 Å². The minimum absolute atomic E-state index is 0.0817. The van der Waals surface area contributed by atoms with Crippen LogP contribution in [-0.4, -0.2) is 50.9 Å². The molecule has 3 N–H and O–H groups in total. The van der Waals surface area contributed by atoms with E-state index in [1.165, 1.54) is 4.90 Å². The number of fused-ring (bicyclic) bond motifs is 1. The van der Waals surface area contributed by atoms with Gasteiger partial charge >= 0.3 is 0 Å². The molecule has 1 heterocycles. The van der Waals surface area contributed by atoms with Crippen molar-refractivity contribution in [3.8, 4) is 23.3 Å². The topological polar surface area (TPSA) is 127 Å². The van der Waals surface area contributed by atoms with Gasteiger partial charge in [0, 0.05) is 30.6 Å². The monoisotopic (exact) mass is 520 g/mol. The first-order valence-electron chi connectivity index (χ1n) is 11.2. The molecule has 0 saturated carbocycles. The number of hydrogen-bond acceptors (Lipinski definition) is 9. The summed E-state index contributed by atoms with van der Waals surface area (Å²) < 4.78 is 16.0. The lowest BCUT2D eigenvalue weighted by molar-refractivity contribution is -0.113. The number of hydrogen-bond donors (Lipinski definition) is 2. The van der Waals surface area contributed by atoms with Gasteiger partial charge in [-0.25, -0.2) is 0 Å². The molecule has 2 atom stereocenters. The number of rotatable bonds is 7. The molecular weight excluding hydrogens is 492 g/mol. The van der Waals surface area contributed by atoms with Crippen LogP contribution >= 0.6 is 11.8 Å². The van der Waals surface area contributed by atoms with E-state index in [1.54, 1.807) is 88.6 Å². The highest BCUT2D eigenvalue weighted by atomic mass is 32.2. The van der Waals surface area contributed by atoms with Crippen LogP contribution in [0, 0.1) is 11.3 Å². The number of nitrogens with two attached hydrogens (primary N) is 1. The SMILES string of the molecule is CN(C)C(=O)c1ccc(OC(C=O)c2ccc(C#N)cc2)cc1.COc1cc2c(cc1OC)SC(N)N2. The van der Waals surface area contributed by atoms with E-state index in [9.17, 15) is 9.59 Å². The van der Waals surface area contributed by atoms with Crippen LogP contribution in [0.25, 0.3) is 0 Å². The summed E-state index contributed by atoms with van der Waals surface area (Å²) in [5.74, 6) is 1.83. The average molecular weight is 521 g/mol.